The summed E-state index contributed by atoms with van der Waals surface area (Å²) in [5, 5.41) is 10.8. The first kappa shape index (κ1) is 17.7. The second-order valence-electron chi connectivity index (χ2n) is 4.23. The van der Waals surface area contributed by atoms with Gasteiger partial charge >= 0.3 is 6.36 Å². The smallest absolute Gasteiger partial charge is 0.405 e. The van der Waals surface area contributed by atoms with Crippen LogP contribution < -0.4 is 4.74 Å². The molecule has 0 fully saturated rings. The number of benzene rings is 2. The van der Waals surface area contributed by atoms with Gasteiger partial charge in [0.05, 0.1) is 15.0 Å². The lowest BCUT2D eigenvalue weighted by Gasteiger charge is -2.15. The molecule has 0 spiro atoms. The maximum Gasteiger partial charge on any atom is 0.573 e. The van der Waals surface area contributed by atoms with Crippen LogP contribution in [0.2, 0.25) is 15.1 Å². The minimum absolute atomic E-state index is 0.0152. The zero-order valence-electron chi connectivity index (χ0n) is 10.8. The van der Waals surface area contributed by atoms with Crippen molar-refractivity contribution in [1.82, 2.24) is 0 Å². The zero-order valence-corrected chi connectivity index (χ0v) is 13.1. The molecule has 0 aliphatic carbocycles. The summed E-state index contributed by atoms with van der Waals surface area (Å²) >= 11 is 17.6. The summed E-state index contributed by atoms with van der Waals surface area (Å²) < 4.78 is 41.4. The maximum atomic E-state index is 12.5. The Morgan fingerprint density at radius 1 is 1.04 bits per heavy atom. The molecule has 2 rings (SSSR count). The molecule has 0 heterocycles. The average Bonchev–Trinajstić information content (AvgIpc) is 2.41. The number of hydrogen-bond acceptors (Lipinski definition) is 3. The molecule has 122 valence electrons. The van der Waals surface area contributed by atoms with Gasteiger partial charge in [-0.3, -0.25) is 10.1 Å². The third-order valence-corrected chi connectivity index (χ3v) is 3.70. The summed E-state index contributed by atoms with van der Waals surface area (Å²) in [6.07, 6.45) is -4.99. The summed E-state index contributed by atoms with van der Waals surface area (Å²) in [7, 11) is 0. The number of nitro benzene ring substituents is 1. The molecule has 0 aliphatic heterocycles. The molecule has 0 bridgehead atoms. The molecule has 2 aromatic carbocycles. The van der Waals surface area contributed by atoms with Gasteiger partial charge in [0.1, 0.15) is 5.75 Å². The van der Waals surface area contributed by atoms with Crippen molar-refractivity contribution in [2.45, 2.75) is 6.36 Å². The standard InChI is InChI=1S/C13H5Cl3F3NO3/c14-6-3-9(12(16)10(15)4-6)8-5-7(20(21)22)1-2-11(8)23-13(17,18)19/h1-5H. The molecule has 10 heteroatoms. The van der Waals surface area contributed by atoms with Gasteiger partial charge in [0.2, 0.25) is 0 Å². The van der Waals surface area contributed by atoms with Crippen molar-refractivity contribution in [3.63, 3.8) is 0 Å². The first-order valence-electron chi connectivity index (χ1n) is 5.77. The van der Waals surface area contributed by atoms with Crippen molar-refractivity contribution in [3.8, 4) is 16.9 Å². The van der Waals surface area contributed by atoms with Crippen molar-refractivity contribution in [3.05, 3.63) is 55.5 Å². The predicted molar refractivity (Wildman–Crippen MR) is 80.2 cm³/mol. The Morgan fingerprint density at radius 3 is 2.26 bits per heavy atom. The van der Waals surface area contributed by atoms with Crippen LogP contribution in [0.25, 0.3) is 11.1 Å². The van der Waals surface area contributed by atoms with Gasteiger partial charge < -0.3 is 4.74 Å². The SMILES string of the molecule is O=[N+]([O-])c1ccc(OC(F)(F)F)c(-c2cc(Cl)cc(Cl)c2Cl)c1. The van der Waals surface area contributed by atoms with Crippen LogP contribution in [0.4, 0.5) is 18.9 Å². The van der Waals surface area contributed by atoms with E-state index in [0.29, 0.717) is 0 Å². The van der Waals surface area contributed by atoms with E-state index in [-0.39, 0.29) is 26.2 Å². The molecule has 4 nitrogen and oxygen atoms in total. The van der Waals surface area contributed by atoms with Gasteiger partial charge in [0, 0.05) is 28.3 Å². The van der Waals surface area contributed by atoms with Crippen LogP contribution in [0.1, 0.15) is 0 Å². The lowest BCUT2D eigenvalue weighted by atomic mass is 10.0. The number of rotatable bonds is 3. The quantitative estimate of drug-likeness (QED) is 0.363. The molecule has 0 atom stereocenters. The molecule has 23 heavy (non-hydrogen) atoms. The van der Waals surface area contributed by atoms with E-state index >= 15 is 0 Å². The van der Waals surface area contributed by atoms with Gasteiger partial charge in [0.15, 0.2) is 0 Å². The minimum Gasteiger partial charge on any atom is -0.405 e. The fourth-order valence-corrected chi connectivity index (χ4v) is 2.51. The van der Waals surface area contributed by atoms with Crippen LogP contribution in [0.15, 0.2) is 30.3 Å². The number of halogens is 6. The molecule has 0 N–H and O–H groups in total. The number of nitrogens with zero attached hydrogens (tertiary/aromatic N) is 1. The monoisotopic (exact) mass is 385 g/mol. The van der Waals surface area contributed by atoms with Crippen molar-refractivity contribution in [2.75, 3.05) is 0 Å². The van der Waals surface area contributed by atoms with Crippen LogP contribution in [0.5, 0.6) is 5.75 Å². The molecule has 0 aliphatic rings. The molecule has 0 aromatic heterocycles. The maximum absolute atomic E-state index is 12.5. The van der Waals surface area contributed by atoms with Gasteiger partial charge in [0.25, 0.3) is 5.69 Å². The fourth-order valence-electron chi connectivity index (χ4n) is 1.81. The van der Waals surface area contributed by atoms with Gasteiger partial charge in [-0.15, -0.1) is 13.2 Å². The van der Waals surface area contributed by atoms with Crippen LogP contribution in [0, 0.1) is 10.1 Å². The number of hydrogen-bond donors (Lipinski definition) is 0. The Labute approximate surface area is 142 Å². The van der Waals surface area contributed by atoms with E-state index in [9.17, 15) is 23.3 Å². The van der Waals surface area contributed by atoms with Crippen LogP contribution in [0.3, 0.4) is 0 Å². The fraction of sp³-hybridized carbons (Fsp3) is 0.0769. The number of alkyl halides is 3. The Balaban J connectivity index is 2.72. The van der Waals surface area contributed by atoms with E-state index in [1.165, 1.54) is 12.1 Å². The summed E-state index contributed by atoms with van der Waals surface area (Å²) in [5.74, 6) is -0.664. The Morgan fingerprint density at radius 2 is 1.70 bits per heavy atom. The highest BCUT2D eigenvalue weighted by molar-refractivity contribution is 6.45. The summed E-state index contributed by atoms with van der Waals surface area (Å²) in [6, 6.07) is 5.13. The van der Waals surface area contributed by atoms with E-state index in [1.807, 2.05) is 0 Å². The van der Waals surface area contributed by atoms with E-state index < -0.39 is 22.7 Å². The molecule has 0 amide bonds. The van der Waals surface area contributed by atoms with E-state index in [0.717, 1.165) is 18.2 Å². The molecular weight excluding hydrogens is 382 g/mol. The van der Waals surface area contributed by atoms with Crippen LogP contribution in [-0.4, -0.2) is 11.3 Å². The molecule has 0 saturated heterocycles. The van der Waals surface area contributed by atoms with Gasteiger partial charge in [-0.1, -0.05) is 34.8 Å². The molecular formula is C13H5Cl3F3NO3. The van der Waals surface area contributed by atoms with Gasteiger partial charge in [-0.05, 0) is 18.2 Å². The van der Waals surface area contributed by atoms with Gasteiger partial charge in [-0.25, -0.2) is 0 Å². The van der Waals surface area contributed by atoms with E-state index in [4.69, 9.17) is 34.8 Å². The van der Waals surface area contributed by atoms with E-state index in [1.54, 1.807) is 0 Å². The van der Waals surface area contributed by atoms with Crippen molar-refractivity contribution in [1.29, 1.82) is 0 Å². The summed E-state index contributed by atoms with van der Waals surface area (Å²) in [4.78, 5) is 10.1. The number of nitro groups is 1. The van der Waals surface area contributed by atoms with Crippen molar-refractivity contribution < 1.29 is 22.8 Å². The Hall–Kier alpha value is -1.70. The third-order valence-electron chi connectivity index (χ3n) is 2.68. The highest BCUT2D eigenvalue weighted by Crippen LogP contribution is 2.43. The first-order chi connectivity index (χ1) is 10.6. The Bertz CT molecular complexity index is 781. The highest BCUT2D eigenvalue weighted by Gasteiger charge is 2.33. The van der Waals surface area contributed by atoms with Crippen molar-refractivity contribution in [2.24, 2.45) is 0 Å². The number of non-ortho nitro benzene ring substituents is 1. The summed E-state index contributed by atoms with van der Waals surface area (Å²) in [5.41, 5.74) is -0.722. The largest absolute Gasteiger partial charge is 0.573 e. The highest BCUT2D eigenvalue weighted by atomic mass is 35.5. The van der Waals surface area contributed by atoms with E-state index in [2.05, 4.69) is 4.74 Å². The molecule has 0 saturated carbocycles. The zero-order chi connectivity index (χ0) is 17.4. The Kier molecular flexibility index (Phi) is 4.93. The molecule has 0 unspecified atom stereocenters. The topological polar surface area (TPSA) is 52.4 Å². The van der Waals surface area contributed by atoms with Crippen LogP contribution in [-0.2, 0) is 0 Å². The third kappa shape index (κ3) is 4.19. The molecule has 0 radical (unpaired) electrons. The minimum atomic E-state index is -4.99. The lowest BCUT2D eigenvalue weighted by molar-refractivity contribution is -0.384. The normalized spacial score (nSPS) is 11.4. The first-order valence-corrected chi connectivity index (χ1v) is 6.91. The van der Waals surface area contributed by atoms with Crippen molar-refractivity contribution >= 4 is 40.5 Å². The summed E-state index contributed by atoms with van der Waals surface area (Å²) in [6.45, 7) is 0. The van der Waals surface area contributed by atoms with Gasteiger partial charge in [-0.2, -0.15) is 0 Å². The average molecular weight is 387 g/mol. The second-order valence-corrected chi connectivity index (χ2v) is 5.46. The lowest BCUT2D eigenvalue weighted by Crippen LogP contribution is -2.17. The predicted octanol–water partition coefficient (Wildman–Crippen LogP) is 6.12. The second kappa shape index (κ2) is 6.43. The number of ether oxygens (including phenoxy) is 1. The van der Waals surface area contributed by atoms with Crippen LogP contribution >= 0.6 is 34.8 Å². The molecule has 2 aromatic rings.